The van der Waals surface area contributed by atoms with Crippen molar-refractivity contribution in [3.63, 3.8) is 0 Å². The summed E-state index contributed by atoms with van der Waals surface area (Å²) in [6.45, 7) is 4.28. The lowest BCUT2D eigenvalue weighted by Gasteiger charge is -2.30. The third kappa shape index (κ3) is 7.03. The van der Waals surface area contributed by atoms with Crippen LogP contribution >= 0.6 is 24.0 Å². The normalized spacial score (nSPS) is 15.8. The number of rotatable bonds is 9. The topological polar surface area (TPSA) is 64.1 Å². The van der Waals surface area contributed by atoms with Crippen LogP contribution in [0.4, 0.5) is 5.69 Å². The van der Waals surface area contributed by atoms with Crippen LogP contribution in [0.2, 0.25) is 0 Å². The van der Waals surface area contributed by atoms with Crippen molar-refractivity contribution in [3.05, 3.63) is 18.2 Å². The highest BCUT2D eigenvalue weighted by molar-refractivity contribution is 14.0. The largest absolute Gasteiger partial charge is 0.493 e. The second-order valence-electron chi connectivity index (χ2n) is 6.80. The molecule has 6 nitrogen and oxygen atoms in total. The summed E-state index contributed by atoms with van der Waals surface area (Å²) in [7, 11) is 5.21. The minimum absolute atomic E-state index is 0. The molecule has 0 aliphatic heterocycles. The van der Waals surface area contributed by atoms with Gasteiger partial charge in [-0.3, -0.25) is 4.99 Å². The minimum atomic E-state index is 0. The Bertz CT molecular complexity index is 590. The number of aliphatic imine (C=N–C) groups is 1. The van der Waals surface area contributed by atoms with E-state index in [4.69, 9.17) is 14.2 Å². The molecule has 1 aromatic rings. The molecule has 0 radical (unpaired) electrons. The quantitative estimate of drug-likeness (QED) is 0.307. The van der Waals surface area contributed by atoms with E-state index in [0.717, 1.165) is 37.0 Å². The molecule has 2 N–H and O–H groups in total. The maximum atomic E-state index is 5.57. The van der Waals surface area contributed by atoms with Gasteiger partial charge in [0.15, 0.2) is 17.5 Å². The molecule has 27 heavy (non-hydrogen) atoms. The van der Waals surface area contributed by atoms with Crippen LogP contribution in [0.15, 0.2) is 23.2 Å². The van der Waals surface area contributed by atoms with Gasteiger partial charge >= 0.3 is 0 Å². The molecule has 2 rings (SSSR count). The standard InChI is InChI=1S/C20H33N3O3.HI/c1-5-26-17-9-8-16(14-18(17)25-4)23-19(21-2)22-15-20(12-13-24-3)10-6-7-11-20;/h8-9,14H,5-7,10-13,15H2,1-4H3,(H2,21,22,23);1H. The number of guanidine groups is 1. The van der Waals surface area contributed by atoms with Gasteiger partial charge in [0, 0.05) is 39.1 Å². The summed E-state index contributed by atoms with van der Waals surface area (Å²) in [4.78, 5) is 4.36. The van der Waals surface area contributed by atoms with Crippen LogP contribution in [0.1, 0.15) is 39.0 Å². The third-order valence-corrected chi connectivity index (χ3v) is 5.08. The second-order valence-corrected chi connectivity index (χ2v) is 6.80. The molecule has 0 atom stereocenters. The summed E-state index contributed by atoms with van der Waals surface area (Å²) in [5.41, 5.74) is 1.22. The van der Waals surface area contributed by atoms with Crippen molar-refractivity contribution < 1.29 is 14.2 Å². The van der Waals surface area contributed by atoms with Crippen molar-refractivity contribution in [1.29, 1.82) is 0 Å². The fourth-order valence-corrected chi connectivity index (χ4v) is 3.57. The molecule has 0 bridgehead atoms. The van der Waals surface area contributed by atoms with Gasteiger partial charge in [-0.25, -0.2) is 0 Å². The summed E-state index contributed by atoms with van der Waals surface area (Å²) in [5.74, 6) is 2.22. The van der Waals surface area contributed by atoms with Crippen LogP contribution in [0, 0.1) is 5.41 Å². The Kier molecular flexibility index (Phi) is 10.8. The second kappa shape index (κ2) is 12.3. The first kappa shape index (κ1) is 23.8. The number of halogens is 1. The Hall–Kier alpha value is -1.22. The third-order valence-electron chi connectivity index (χ3n) is 5.08. The first-order valence-corrected chi connectivity index (χ1v) is 9.44. The van der Waals surface area contributed by atoms with Gasteiger partial charge in [-0.05, 0) is 43.7 Å². The summed E-state index contributed by atoms with van der Waals surface area (Å²) >= 11 is 0. The Labute approximate surface area is 180 Å². The summed E-state index contributed by atoms with van der Waals surface area (Å²) in [6.07, 6.45) is 6.18. The molecule has 154 valence electrons. The Morgan fingerprint density at radius 3 is 2.52 bits per heavy atom. The van der Waals surface area contributed by atoms with E-state index in [1.807, 2.05) is 25.1 Å². The maximum Gasteiger partial charge on any atom is 0.195 e. The van der Waals surface area contributed by atoms with E-state index in [2.05, 4.69) is 15.6 Å². The molecule has 0 heterocycles. The molecule has 1 aliphatic carbocycles. The van der Waals surface area contributed by atoms with Gasteiger partial charge in [-0.15, -0.1) is 24.0 Å². The van der Waals surface area contributed by atoms with Crippen LogP contribution in [0.5, 0.6) is 11.5 Å². The first-order chi connectivity index (χ1) is 12.7. The lowest BCUT2D eigenvalue weighted by Crippen LogP contribution is -2.40. The highest BCUT2D eigenvalue weighted by Crippen LogP contribution is 2.40. The number of nitrogens with zero attached hydrogens (tertiary/aromatic N) is 1. The van der Waals surface area contributed by atoms with Crippen molar-refractivity contribution in [3.8, 4) is 11.5 Å². The molecular formula is C20H34IN3O3. The van der Waals surface area contributed by atoms with Crippen molar-refractivity contribution in [2.45, 2.75) is 39.0 Å². The SMILES string of the molecule is CCOc1ccc(NC(=NC)NCC2(CCOC)CCCC2)cc1OC.I. The number of hydrogen-bond donors (Lipinski definition) is 2. The van der Waals surface area contributed by atoms with E-state index < -0.39 is 0 Å². The van der Waals surface area contributed by atoms with Crippen molar-refractivity contribution >= 4 is 35.6 Å². The molecule has 0 aromatic heterocycles. The van der Waals surface area contributed by atoms with Crippen molar-refractivity contribution in [2.75, 3.05) is 46.3 Å². The maximum absolute atomic E-state index is 5.57. The number of hydrogen-bond acceptors (Lipinski definition) is 4. The Morgan fingerprint density at radius 1 is 1.19 bits per heavy atom. The lowest BCUT2D eigenvalue weighted by atomic mass is 9.83. The zero-order valence-corrected chi connectivity index (χ0v) is 19.3. The average Bonchev–Trinajstić information content (AvgIpc) is 3.13. The molecule has 0 amide bonds. The van der Waals surface area contributed by atoms with Gasteiger partial charge < -0.3 is 24.8 Å². The lowest BCUT2D eigenvalue weighted by molar-refractivity contribution is 0.138. The molecule has 0 unspecified atom stereocenters. The predicted molar refractivity (Wildman–Crippen MR) is 122 cm³/mol. The molecule has 0 saturated heterocycles. The highest BCUT2D eigenvalue weighted by Gasteiger charge is 2.33. The molecule has 1 aliphatic rings. The number of benzene rings is 1. The summed E-state index contributed by atoms with van der Waals surface area (Å²) in [6, 6.07) is 5.81. The zero-order chi connectivity index (χ0) is 18.8. The van der Waals surface area contributed by atoms with E-state index in [1.165, 1.54) is 25.7 Å². The van der Waals surface area contributed by atoms with E-state index >= 15 is 0 Å². The first-order valence-electron chi connectivity index (χ1n) is 9.44. The molecule has 1 saturated carbocycles. The van der Waals surface area contributed by atoms with E-state index in [1.54, 1.807) is 21.3 Å². The van der Waals surface area contributed by atoms with E-state index in [9.17, 15) is 0 Å². The van der Waals surface area contributed by atoms with Crippen LogP contribution in [-0.2, 0) is 4.74 Å². The fraction of sp³-hybridized carbons (Fsp3) is 0.650. The fourth-order valence-electron chi connectivity index (χ4n) is 3.57. The Balaban J connectivity index is 0.00000364. The highest BCUT2D eigenvalue weighted by atomic mass is 127. The predicted octanol–water partition coefficient (Wildman–Crippen LogP) is 4.30. The van der Waals surface area contributed by atoms with Gasteiger partial charge in [0.2, 0.25) is 0 Å². The molecule has 1 aromatic carbocycles. The minimum Gasteiger partial charge on any atom is -0.493 e. The Morgan fingerprint density at radius 2 is 1.93 bits per heavy atom. The average molecular weight is 491 g/mol. The van der Waals surface area contributed by atoms with Crippen molar-refractivity contribution in [1.82, 2.24) is 5.32 Å². The molecular weight excluding hydrogens is 457 g/mol. The van der Waals surface area contributed by atoms with Gasteiger partial charge in [0.05, 0.1) is 13.7 Å². The van der Waals surface area contributed by atoms with Gasteiger partial charge in [0.25, 0.3) is 0 Å². The number of anilines is 1. The van der Waals surface area contributed by atoms with Crippen LogP contribution < -0.4 is 20.1 Å². The number of ether oxygens (including phenoxy) is 3. The van der Waals surface area contributed by atoms with Gasteiger partial charge in [-0.1, -0.05) is 12.8 Å². The zero-order valence-electron chi connectivity index (χ0n) is 17.0. The van der Waals surface area contributed by atoms with Crippen LogP contribution in [-0.4, -0.2) is 47.0 Å². The van der Waals surface area contributed by atoms with Crippen LogP contribution in [0.25, 0.3) is 0 Å². The number of nitrogens with one attached hydrogen (secondary N) is 2. The molecule has 0 spiro atoms. The van der Waals surface area contributed by atoms with E-state index in [0.29, 0.717) is 17.8 Å². The summed E-state index contributed by atoms with van der Waals surface area (Å²) < 4.78 is 16.3. The van der Waals surface area contributed by atoms with Crippen molar-refractivity contribution in [2.24, 2.45) is 10.4 Å². The van der Waals surface area contributed by atoms with Gasteiger partial charge in [0.1, 0.15) is 0 Å². The van der Waals surface area contributed by atoms with Gasteiger partial charge in [-0.2, -0.15) is 0 Å². The summed E-state index contributed by atoms with van der Waals surface area (Å²) in [5, 5.41) is 6.84. The van der Waals surface area contributed by atoms with Crippen LogP contribution in [0.3, 0.4) is 0 Å². The smallest absolute Gasteiger partial charge is 0.195 e. The van der Waals surface area contributed by atoms with E-state index in [-0.39, 0.29) is 24.0 Å². The molecule has 7 heteroatoms. The molecule has 1 fully saturated rings. The monoisotopic (exact) mass is 491 g/mol. The number of methoxy groups -OCH3 is 2.